The fourth-order valence-electron chi connectivity index (χ4n) is 1.31. The van der Waals surface area contributed by atoms with E-state index in [1.807, 2.05) is 41.5 Å². The second kappa shape index (κ2) is 5.51. The third-order valence-corrected chi connectivity index (χ3v) is 2.25. The minimum Gasteiger partial charge on any atom is -0.289 e. The molecule has 0 aromatic heterocycles. The molecule has 1 aliphatic carbocycles. The van der Waals surface area contributed by atoms with Gasteiger partial charge < -0.3 is 0 Å². The lowest BCUT2D eigenvalue weighted by molar-refractivity contribution is -0.114. The average Bonchev–Trinajstić information content (AvgIpc) is 2.26. The number of carbonyl (C=O) groups excluding carboxylic acids is 2. The van der Waals surface area contributed by atoms with Gasteiger partial charge in [0.05, 0.1) is 11.1 Å². The van der Waals surface area contributed by atoms with Crippen LogP contribution in [0.4, 0.5) is 0 Å². The molecule has 1 aliphatic rings. The topological polar surface area (TPSA) is 34.1 Å². The molecule has 0 saturated carbocycles. The molecule has 0 saturated heterocycles. The molecule has 104 valence electrons. The van der Waals surface area contributed by atoms with Gasteiger partial charge in [0.15, 0.2) is 11.6 Å². The number of allylic oxidation sites excluding steroid dienone is 4. The van der Waals surface area contributed by atoms with E-state index in [0.717, 1.165) is 0 Å². The summed E-state index contributed by atoms with van der Waals surface area (Å²) < 4.78 is 0. The largest absolute Gasteiger partial charge is 0.289 e. The summed E-state index contributed by atoms with van der Waals surface area (Å²) in [6.07, 6.45) is 2.52. The maximum absolute atomic E-state index is 11.9. The molecular formula is C18H20O2. The second-order valence-corrected chi connectivity index (χ2v) is 6.81. The van der Waals surface area contributed by atoms with Gasteiger partial charge in [-0.2, -0.15) is 0 Å². The van der Waals surface area contributed by atoms with E-state index >= 15 is 0 Å². The van der Waals surface area contributed by atoms with Crippen molar-refractivity contribution in [3.63, 3.8) is 0 Å². The predicted molar refractivity (Wildman–Crippen MR) is 80.6 cm³/mol. The quantitative estimate of drug-likeness (QED) is 0.500. The lowest BCUT2D eigenvalue weighted by Gasteiger charge is -2.10. The summed E-state index contributed by atoms with van der Waals surface area (Å²) in [4.78, 5) is 23.8. The van der Waals surface area contributed by atoms with Gasteiger partial charge >= 0.3 is 0 Å². The van der Waals surface area contributed by atoms with Crippen LogP contribution in [0, 0.1) is 34.5 Å². The highest BCUT2D eigenvalue weighted by Crippen LogP contribution is 2.17. The first-order valence-corrected chi connectivity index (χ1v) is 6.57. The number of rotatable bonds is 0. The number of carbonyl (C=O) groups is 2. The Bertz CT molecular complexity index is 565. The van der Waals surface area contributed by atoms with Gasteiger partial charge in [-0.1, -0.05) is 23.7 Å². The average molecular weight is 268 g/mol. The van der Waals surface area contributed by atoms with Crippen molar-refractivity contribution in [1.82, 2.24) is 0 Å². The Hall–Kier alpha value is -2.06. The predicted octanol–water partition coefficient (Wildman–Crippen LogP) is 3.09. The molecule has 1 rings (SSSR count). The van der Waals surface area contributed by atoms with Gasteiger partial charge in [-0.25, -0.2) is 0 Å². The summed E-state index contributed by atoms with van der Waals surface area (Å²) in [6.45, 7) is 11.7. The van der Waals surface area contributed by atoms with Crippen LogP contribution in [0.5, 0.6) is 0 Å². The molecule has 20 heavy (non-hydrogen) atoms. The van der Waals surface area contributed by atoms with Gasteiger partial charge in [0.2, 0.25) is 0 Å². The van der Waals surface area contributed by atoms with Crippen LogP contribution < -0.4 is 0 Å². The lowest BCUT2D eigenvalue weighted by Crippen LogP contribution is -2.14. The first-order chi connectivity index (χ1) is 8.99. The van der Waals surface area contributed by atoms with Crippen molar-refractivity contribution in [2.45, 2.75) is 41.5 Å². The number of hydrogen-bond donors (Lipinski definition) is 0. The van der Waals surface area contributed by atoms with Gasteiger partial charge in [-0.15, -0.1) is 0 Å². The third kappa shape index (κ3) is 4.90. The van der Waals surface area contributed by atoms with Crippen LogP contribution in [0.1, 0.15) is 41.5 Å². The summed E-state index contributed by atoms with van der Waals surface area (Å²) in [5, 5.41) is 0. The van der Waals surface area contributed by atoms with Crippen LogP contribution in [-0.2, 0) is 9.59 Å². The number of ketones is 2. The highest BCUT2D eigenvalue weighted by Gasteiger charge is 2.21. The Balaban J connectivity index is 3.38. The Labute approximate surface area is 121 Å². The molecule has 0 aromatic carbocycles. The van der Waals surface area contributed by atoms with Gasteiger partial charge in [0, 0.05) is 10.8 Å². The molecule has 0 amide bonds. The minimum atomic E-state index is -0.250. The van der Waals surface area contributed by atoms with E-state index in [-0.39, 0.29) is 33.5 Å². The summed E-state index contributed by atoms with van der Waals surface area (Å²) >= 11 is 0. The molecule has 0 aromatic rings. The van der Waals surface area contributed by atoms with E-state index in [1.54, 1.807) is 0 Å². The molecule has 2 heteroatoms. The summed E-state index contributed by atoms with van der Waals surface area (Å²) in [6, 6.07) is 0. The molecule has 0 fully saturated rings. The third-order valence-electron chi connectivity index (χ3n) is 2.25. The minimum absolute atomic E-state index is 0.212. The van der Waals surface area contributed by atoms with E-state index in [1.165, 1.54) is 12.2 Å². The van der Waals surface area contributed by atoms with Crippen LogP contribution in [0.25, 0.3) is 0 Å². The summed E-state index contributed by atoms with van der Waals surface area (Å²) in [5.74, 6) is 11.1. The van der Waals surface area contributed by atoms with Gasteiger partial charge in [0.1, 0.15) is 0 Å². The first kappa shape index (κ1) is 16.0. The van der Waals surface area contributed by atoms with Crippen LogP contribution >= 0.6 is 0 Å². The van der Waals surface area contributed by atoms with Crippen LogP contribution in [0.3, 0.4) is 0 Å². The van der Waals surface area contributed by atoms with Gasteiger partial charge in [-0.3, -0.25) is 9.59 Å². The van der Waals surface area contributed by atoms with E-state index in [0.29, 0.717) is 0 Å². The zero-order chi connectivity index (χ0) is 15.6. The fraction of sp³-hybridized carbons (Fsp3) is 0.444. The summed E-state index contributed by atoms with van der Waals surface area (Å²) in [5.41, 5.74) is -0.0477. The molecule has 0 unspecified atom stereocenters. The maximum atomic E-state index is 11.9. The van der Waals surface area contributed by atoms with Crippen molar-refractivity contribution in [1.29, 1.82) is 0 Å². The van der Waals surface area contributed by atoms with Crippen molar-refractivity contribution in [3.05, 3.63) is 23.3 Å². The fourth-order valence-corrected chi connectivity index (χ4v) is 1.31. The van der Waals surface area contributed by atoms with Crippen molar-refractivity contribution in [3.8, 4) is 23.7 Å². The molecule has 0 heterocycles. The highest BCUT2D eigenvalue weighted by atomic mass is 16.1. The maximum Gasteiger partial charge on any atom is 0.195 e. The van der Waals surface area contributed by atoms with Crippen molar-refractivity contribution in [2.24, 2.45) is 10.8 Å². The standard InChI is InChI=1S/C18H20O2/c1-17(2,3)11-9-13-14(10-12-18(4,5)6)16(20)8-7-15(13)19/h7-8H,1-6H3. The second-order valence-electron chi connectivity index (χ2n) is 6.81. The zero-order valence-corrected chi connectivity index (χ0v) is 13.0. The molecule has 0 radical (unpaired) electrons. The molecular weight excluding hydrogens is 248 g/mol. The molecule has 0 atom stereocenters. The Morgan fingerprint density at radius 2 is 1.00 bits per heavy atom. The number of hydrogen-bond acceptors (Lipinski definition) is 2. The smallest absolute Gasteiger partial charge is 0.195 e. The lowest BCUT2D eigenvalue weighted by atomic mass is 9.91. The molecule has 0 aliphatic heterocycles. The Morgan fingerprint density at radius 3 is 1.25 bits per heavy atom. The molecule has 2 nitrogen and oxygen atoms in total. The zero-order valence-electron chi connectivity index (χ0n) is 13.0. The van der Waals surface area contributed by atoms with E-state index < -0.39 is 0 Å². The van der Waals surface area contributed by atoms with Crippen molar-refractivity contribution >= 4 is 11.6 Å². The van der Waals surface area contributed by atoms with Crippen LogP contribution in [0.2, 0.25) is 0 Å². The SMILES string of the molecule is CC(C)(C)C#CC1=C(C#CC(C)(C)C)C(=O)C=CC1=O. The van der Waals surface area contributed by atoms with E-state index in [9.17, 15) is 9.59 Å². The van der Waals surface area contributed by atoms with Crippen LogP contribution in [-0.4, -0.2) is 11.6 Å². The molecule has 0 N–H and O–H groups in total. The Morgan fingerprint density at radius 1 is 0.700 bits per heavy atom. The van der Waals surface area contributed by atoms with E-state index in [4.69, 9.17) is 0 Å². The van der Waals surface area contributed by atoms with E-state index in [2.05, 4.69) is 23.7 Å². The van der Waals surface area contributed by atoms with Gasteiger partial charge in [0.25, 0.3) is 0 Å². The molecule has 0 bridgehead atoms. The van der Waals surface area contributed by atoms with Crippen LogP contribution in [0.15, 0.2) is 23.3 Å². The monoisotopic (exact) mass is 268 g/mol. The highest BCUT2D eigenvalue weighted by molar-refractivity contribution is 6.24. The Kier molecular flexibility index (Phi) is 4.41. The van der Waals surface area contributed by atoms with Gasteiger partial charge in [-0.05, 0) is 53.7 Å². The normalized spacial score (nSPS) is 15.5. The van der Waals surface area contributed by atoms with Crippen molar-refractivity contribution in [2.75, 3.05) is 0 Å². The van der Waals surface area contributed by atoms with Crippen molar-refractivity contribution < 1.29 is 9.59 Å². The molecule has 0 spiro atoms. The summed E-state index contributed by atoms with van der Waals surface area (Å²) in [7, 11) is 0. The first-order valence-electron chi connectivity index (χ1n) is 6.57.